The number of ketones is 1. The second-order valence-corrected chi connectivity index (χ2v) is 6.97. The van der Waals surface area contributed by atoms with Gasteiger partial charge in [-0.05, 0) is 49.8 Å². The van der Waals surface area contributed by atoms with Crippen LogP contribution in [0.25, 0.3) is 11.8 Å². The van der Waals surface area contributed by atoms with Crippen molar-refractivity contribution in [3.05, 3.63) is 97.6 Å². The van der Waals surface area contributed by atoms with Crippen molar-refractivity contribution >= 4 is 29.1 Å². The van der Waals surface area contributed by atoms with Crippen LogP contribution in [0.3, 0.4) is 0 Å². The number of halogens is 2. The van der Waals surface area contributed by atoms with Crippen molar-refractivity contribution in [2.45, 2.75) is 13.8 Å². The third-order valence-corrected chi connectivity index (χ3v) is 4.91. The summed E-state index contributed by atoms with van der Waals surface area (Å²) in [5.41, 5.74) is 2.42. The van der Waals surface area contributed by atoms with Gasteiger partial charge in [0.25, 0.3) is 5.69 Å². The van der Waals surface area contributed by atoms with Gasteiger partial charge in [-0.15, -0.1) is 0 Å². The summed E-state index contributed by atoms with van der Waals surface area (Å²) in [6.07, 6.45) is 1.44. The number of nitro groups is 1. The lowest BCUT2D eigenvalue weighted by molar-refractivity contribution is -0.384. The molecule has 0 unspecified atom stereocenters. The number of hydrogen-bond donors (Lipinski definition) is 0. The van der Waals surface area contributed by atoms with Crippen molar-refractivity contribution < 1.29 is 14.1 Å². The molecule has 1 aromatic heterocycles. The first-order chi connectivity index (χ1) is 14.2. The molecule has 0 atom stereocenters. The first-order valence-electron chi connectivity index (χ1n) is 8.78. The molecule has 8 heteroatoms. The summed E-state index contributed by atoms with van der Waals surface area (Å²) in [6.45, 7) is 3.62. The predicted molar refractivity (Wildman–Crippen MR) is 111 cm³/mol. The van der Waals surface area contributed by atoms with E-state index in [4.69, 9.17) is 11.6 Å². The monoisotopic (exact) mass is 423 g/mol. The van der Waals surface area contributed by atoms with Crippen LogP contribution in [0.2, 0.25) is 5.02 Å². The molecule has 0 bridgehead atoms. The lowest BCUT2D eigenvalue weighted by atomic mass is 10.0. The van der Waals surface area contributed by atoms with E-state index in [0.29, 0.717) is 11.3 Å². The second kappa shape index (κ2) is 8.31. The van der Waals surface area contributed by atoms with E-state index in [9.17, 15) is 24.6 Å². The van der Waals surface area contributed by atoms with Crippen LogP contribution in [-0.4, -0.2) is 15.3 Å². The minimum Gasteiger partial charge on any atom is -0.318 e. The maximum Gasteiger partial charge on any atom is 0.270 e. The van der Waals surface area contributed by atoms with Crippen molar-refractivity contribution in [1.82, 2.24) is 4.57 Å². The summed E-state index contributed by atoms with van der Waals surface area (Å²) in [5.74, 6) is -1.15. The molecule has 0 amide bonds. The number of aromatic nitrogens is 1. The number of aryl methyl sites for hydroxylation is 1. The van der Waals surface area contributed by atoms with Gasteiger partial charge < -0.3 is 4.57 Å². The Hall–Kier alpha value is -3.76. The van der Waals surface area contributed by atoms with Gasteiger partial charge in [-0.3, -0.25) is 14.9 Å². The molecule has 1 heterocycles. The first-order valence-corrected chi connectivity index (χ1v) is 9.16. The Balaban J connectivity index is 2.04. The molecule has 3 rings (SSSR count). The number of rotatable bonds is 5. The number of hydrogen-bond acceptors (Lipinski definition) is 4. The van der Waals surface area contributed by atoms with Crippen molar-refractivity contribution in [2.75, 3.05) is 0 Å². The van der Waals surface area contributed by atoms with Crippen molar-refractivity contribution in [2.24, 2.45) is 0 Å². The lowest BCUT2D eigenvalue weighted by Gasteiger charge is -2.10. The maximum absolute atomic E-state index is 13.5. The number of non-ortho nitro benzene ring substituents is 1. The van der Waals surface area contributed by atoms with E-state index >= 15 is 0 Å². The molecule has 0 aliphatic heterocycles. The molecule has 0 fully saturated rings. The van der Waals surface area contributed by atoms with E-state index in [-0.39, 0.29) is 21.8 Å². The van der Waals surface area contributed by atoms with Crippen molar-refractivity contribution in [1.29, 1.82) is 5.26 Å². The first kappa shape index (κ1) is 21.0. The molecule has 3 aromatic rings. The number of benzene rings is 2. The highest BCUT2D eigenvalue weighted by Gasteiger charge is 2.18. The van der Waals surface area contributed by atoms with Crippen LogP contribution in [0.15, 0.2) is 54.1 Å². The van der Waals surface area contributed by atoms with E-state index in [0.717, 1.165) is 17.5 Å². The largest absolute Gasteiger partial charge is 0.318 e. The van der Waals surface area contributed by atoms with E-state index < -0.39 is 16.5 Å². The molecule has 0 aliphatic carbocycles. The number of carbonyl (C=O) groups is 1. The van der Waals surface area contributed by atoms with E-state index in [1.807, 2.05) is 17.6 Å². The quantitative estimate of drug-likeness (QED) is 0.176. The third-order valence-electron chi connectivity index (χ3n) is 4.62. The number of carbonyl (C=O) groups excluding carboxylic acids is 1. The van der Waals surface area contributed by atoms with Gasteiger partial charge in [-0.2, -0.15) is 5.26 Å². The maximum atomic E-state index is 13.5. The fraction of sp³-hybridized carbons (Fsp3) is 0.0909. The van der Waals surface area contributed by atoms with Gasteiger partial charge >= 0.3 is 0 Å². The summed E-state index contributed by atoms with van der Waals surface area (Å²) in [7, 11) is 0. The molecule has 0 N–H and O–H groups in total. The topological polar surface area (TPSA) is 88.9 Å². The van der Waals surface area contributed by atoms with Crippen LogP contribution >= 0.6 is 11.6 Å². The predicted octanol–water partition coefficient (Wildman–Crippen LogP) is 5.58. The Morgan fingerprint density at radius 1 is 1.23 bits per heavy atom. The van der Waals surface area contributed by atoms with Gasteiger partial charge in [-0.25, -0.2) is 4.39 Å². The molecular formula is C22H15ClFN3O3. The number of nitriles is 1. The average molecular weight is 424 g/mol. The smallest absolute Gasteiger partial charge is 0.270 e. The zero-order chi connectivity index (χ0) is 22.0. The normalized spacial score (nSPS) is 11.2. The van der Waals surface area contributed by atoms with Crippen molar-refractivity contribution in [3.8, 4) is 11.8 Å². The van der Waals surface area contributed by atoms with Gasteiger partial charge in [0.05, 0.1) is 9.95 Å². The summed E-state index contributed by atoms with van der Waals surface area (Å²) >= 11 is 5.89. The molecule has 0 radical (unpaired) electrons. The number of nitro benzene ring substituents is 1. The molecule has 6 nitrogen and oxygen atoms in total. The van der Waals surface area contributed by atoms with Crippen LogP contribution in [0, 0.1) is 41.1 Å². The molecule has 2 aromatic carbocycles. The molecule has 30 heavy (non-hydrogen) atoms. The Labute approximate surface area is 176 Å². The third kappa shape index (κ3) is 4.00. The van der Waals surface area contributed by atoms with Gasteiger partial charge in [0.1, 0.15) is 17.5 Å². The number of nitrogens with zero attached hydrogens (tertiary/aromatic N) is 3. The SMILES string of the molecule is Cc1cc(C=C(C#N)C(=O)c2cccc([N+](=O)[O-])c2)c(C)n1-c1ccc(F)c(Cl)c1. The van der Waals surface area contributed by atoms with Gasteiger partial charge in [0.2, 0.25) is 5.78 Å². The summed E-state index contributed by atoms with van der Waals surface area (Å²) in [5, 5.41) is 20.4. The highest BCUT2D eigenvalue weighted by Crippen LogP contribution is 2.26. The van der Waals surface area contributed by atoms with Gasteiger partial charge in [0, 0.05) is 34.8 Å². The van der Waals surface area contributed by atoms with E-state index in [1.165, 1.54) is 36.4 Å². The van der Waals surface area contributed by atoms with E-state index in [1.54, 1.807) is 19.1 Å². The summed E-state index contributed by atoms with van der Waals surface area (Å²) in [4.78, 5) is 23.1. The van der Waals surface area contributed by atoms with Crippen LogP contribution in [0.5, 0.6) is 0 Å². The molecule has 0 spiro atoms. The fourth-order valence-electron chi connectivity index (χ4n) is 3.18. The van der Waals surface area contributed by atoms with Crippen LogP contribution in [0.1, 0.15) is 27.3 Å². The van der Waals surface area contributed by atoms with Gasteiger partial charge in [-0.1, -0.05) is 23.7 Å². The Morgan fingerprint density at radius 2 is 1.97 bits per heavy atom. The van der Waals surface area contributed by atoms with Crippen LogP contribution < -0.4 is 0 Å². The minimum absolute atomic E-state index is 0.0179. The Bertz CT molecular complexity index is 1250. The summed E-state index contributed by atoms with van der Waals surface area (Å²) in [6, 6.07) is 13.2. The van der Waals surface area contributed by atoms with Crippen LogP contribution in [0.4, 0.5) is 10.1 Å². The highest BCUT2D eigenvalue weighted by atomic mass is 35.5. The fourth-order valence-corrected chi connectivity index (χ4v) is 3.35. The molecule has 150 valence electrons. The lowest BCUT2D eigenvalue weighted by Crippen LogP contribution is -2.03. The zero-order valence-corrected chi connectivity index (χ0v) is 16.8. The highest BCUT2D eigenvalue weighted by molar-refractivity contribution is 6.30. The second-order valence-electron chi connectivity index (χ2n) is 6.57. The number of Topliss-reactive ketones (excluding diaryl/α,β-unsaturated/α-hetero) is 1. The Kier molecular flexibility index (Phi) is 5.81. The average Bonchev–Trinajstić information content (AvgIpc) is 3.00. The Morgan fingerprint density at radius 3 is 2.60 bits per heavy atom. The standard InChI is InChI=1S/C22H15ClFN3O3/c1-13-8-16(14(2)26(13)18-6-7-21(24)20(23)11-18)9-17(12-25)22(28)15-4-3-5-19(10-15)27(29)30/h3-11H,1-2H3. The van der Waals surface area contributed by atoms with E-state index in [2.05, 4.69) is 0 Å². The molecular weight excluding hydrogens is 409 g/mol. The van der Waals surface area contributed by atoms with Crippen LogP contribution in [-0.2, 0) is 0 Å². The zero-order valence-electron chi connectivity index (χ0n) is 16.0. The van der Waals surface area contributed by atoms with Crippen molar-refractivity contribution in [3.63, 3.8) is 0 Å². The minimum atomic E-state index is -0.615. The van der Waals surface area contributed by atoms with Gasteiger partial charge in [0.15, 0.2) is 0 Å². The molecule has 0 aliphatic rings. The molecule has 0 saturated carbocycles. The molecule has 0 saturated heterocycles. The number of allylic oxidation sites excluding steroid dienone is 1. The summed E-state index contributed by atoms with van der Waals surface area (Å²) < 4.78 is 15.3.